The summed E-state index contributed by atoms with van der Waals surface area (Å²) in [6.45, 7) is 0. The number of carboxylic acids is 1. The van der Waals surface area contributed by atoms with Crippen LogP contribution in [-0.4, -0.2) is 22.1 Å². The van der Waals surface area contributed by atoms with E-state index in [1.54, 1.807) is 18.3 Å². The molecule has 0 unspecified atom stereocenters. The molecule has 0 fully saturated rings. The van der Waals surface area contributed by atoms with Crippen molar-refractivity contribution in [2.75, 3.05) is 10.6 Å². The Morgan fingerprint density at radius 3 is 2.50 bits per heavy atom. The van der Waals surface area contributed by atoms with Crippen LogP contribution in [0.4, 0.5) is 16.2 Å². The summed E-state index contributed by atoms with van der Waals surface area (Å²) in [5.41, 5.74) is 0.907. The molecule has 7 heteroatoms. The minimum atomic E-state index is -1.12. The number of nitrogens with zero attached hydrogens (tertiary/aromatic N) is 1. The smallest absolute Gasteiger partial charge is 0.337 e. The predicted octanol–water partition coefficient (Wildman–Crippen LogP) is 3.08. The topological polar surface area (TPSA) is 91.3 Å². The maximum Gasteiger partial charge on any atom is 0.337 e. The zero-order valence-electron chi connectivity index (χ0n) is 10.1. The van der Waals surface area contributed by atoms with Crippen LogP contribution in [0.2, 0.25) is 5.02 Å². The van der Waals surface area contributed by atoms with Crippen LogP contribution in [0.5, 0.6) is 0 Å². The van der Waals surface area contributed by atoms with Crippen LogP contribution in [-0.2, 0) is 0 Å². The van der Waals surface area contributed by atoms with Crippen molar-refractivity contribution >= 4 is 35.0 Å². The van der Waals surface area contributed by atoms with Crippen molar-refractivity contribution in [3.63, 3.8) is 0 Å². The molecule has 2 rings (SSSR count). The van der Waals surface area contributed by atoms with Crippen LogP contribution in [0.25, 0.3) is 0 Å². The molecule has 6 nitrogen and oxygen atoms in total. The molecule has 0 saturated carbocycles. The molecule has 0 aliphatic heterocycles. The molecule has 0 spiro atoms. The summed E-state index contributed by atoms with van der Waals surface area (Å²) in [6.07, 6.45) is 3.09. The number of urea groups is 1. The minimum absolute atomic E-state index is 0.0233. The van der Waals surface area contributed by atoms with E-state index in [1.807, 2.05) is 0 Å². The van der Waals surface area contributed by atoms with Gasteiger partial charge < -0.3 is 15.7 Å². The summed E-state index contributed by atoms with van der Waals surface area (Å²) in [5.74, 6) is -1.12. The van der Waals surface area contributed by atoms with E-state index in [2.05, 4.69) is 15.6 Å². The number of halogens is 1. The third-order valence-corrected chi connectivity index (χ3v) is 2.69. The second-order valence-electron chi connectivity index (χ2n) is 3.82. The molecule has 3 N–H and O–H groups in total. The number of amides is 2. The van der Waals surface area contributed by atoms with Gasteiger partial charge in [-0.2, -0.15) is 0 Å². The molecular weight excluding hydrogens is 282 g/mol. The fraction of sp³-hybridized carbons (Fsp3) is 0. The van der Waals surface area contributed by atoms with E-state index in [0.717, 1.165) is 0 Å². The molecule has 0 radical (unpaired) electrons. The van der Waals surface area contributed by atoms with Gasteiger partial charge in [0, 0.05) is 11.9 Å². The normalized spacial score (nSPS) is 9.85. The fourth-order valence-corrected chi connectivity index (χ4v) is 1.76. The van der Waals surface area contributed by atoms with E-state index < -0.39 is 12.0 Å². The number of hydrogen-bond acceptors (Lipinski definition) is 3. The highest BCUT2D eigenvalue weighted by Crippen LogP contribution is 2.21. The van der Waals surface area contributed by atoms with Crippen molar-refractivity contribution in [2.24, 2.45) is 0 Å². The molecule has 102 valence electrons. The summed E-state index contributed by atoms with van der Waals surface area (Å²) in [4.78, 5) is 26.4. The van der Waals surface area contributed by atoms with Gasteiger partial charge >= 0.3 is 12.0 Å². The minimum Gasteiger partial charge on any atom is -0.478 e. The van der Waals surface area contributed by atoms with Gasteiger partial charge in [0.1, 0.15) is 0 Å². The van der Waals surface area contributed by atoms with Crippen LogP contribution >= 0.6 is 11.6 Å². The number of nitrogens with one attached hydrogen (secondary N) is 2. The van der Waals surface area contributed by atoms with Crippen molar-refractivity contribution in [1.29, 1.82) is 0 Å². The molecule has 0 aliphatic carbocycles. The average molecular weight is 292 g/mol. The highest BCUT2D eigenvalue weighted by Gasteiger charge is 2.10. The van der Waals surface area contributed by atoms with Crippen molar-refractivity contribution in [3.05, 3.63) is 53.3 Å². The van der Waals surface area contributed by atoms with E-state index in [1.165, 1.54) is 24.4 Å². The van der Waals surface area contributed by atoms with E-state index in [4.69, 9.17) is 16.7 Å². The molecule has 1 aromatic heterocycles. The van der Waals surface area contributed by atoms with Crippen LogP contribution < -0.4 is 10.6 Å². The zero-order chi connectivity index (χ0) is 14.5. The standard InChI is InChI=1S/C13H10ClN3O3/c14-11-6-8(3-4-10(11)12(18)19)16-13(20)17-9-2-1-5-15-7-9/h1-7H,(H,18,19)(H2,16,17,20). The Hall–Kier alpha value is -2.60. The van der Waals surface area contributed by atoms with Crippen LogP contribution in [0.1, 0.15) is 10.4 Å². The predicted molar refractivity (Wildman–Crippen MR) is 75.3 cm³/mol. The number of benzene rings is 1. The van der Waals surface area contributed by atoms with Gasteiger partial charge in [0.05, 0.1) is 22.5 Å². The summed E-state index contributed by atoms with van der Waals surface area (Å²) < 4.78 is 0. The van der Waals surface area contributed by atoms with E-state index in [-0.39, 0.29) is 10.6 Å². The lowest BCUT2D eigenvalue weighted by molar-refractivity contribution is 0.0697. The third kappa shape index (κ3) is 3.46. The summed E-state index contributed by atoms with van der Waals surface area (Å²) in [6, 6.07) is 7.05. The number of aromatic carboxylic acids is 1. The monoisotopic (exact) mass is 291 g/mol. The fourth-order valence-electron chi connectivity index (χ4n) is 1.50. The quantitative estimate of drug-likeness (QED) is 0.810. The first kappa shape index (κ1) is 13.8. The number of pyridine rings is 1. The Bertz CT molecular complexity index is 647. The Morgan fingerprint density at radius 1 is 1.15 bits per heavy atom. The molecule has 1 aromatic carbocycles. The van der Waals surface area contributed by atoms with E-state index >= 15 is 0 Å². The number of carbonyl (C=O) groups is 2. The van der Waals surface area contributed by atoms with Crippen molar-refractivity contribution < 1.29 is 14.7 Å². The molecular formula is C13H10ClN3O3. The number of rotatable bonds is 3. The van der Waals surface area contributed by atoms with Gasteiger partial charge in [-0.3, -0.25) is 4.98 Å². The number of aromatic nitrogens is 1. The molecule has 0 saturated heterocycles. The van der Waals surface area contributed by atoms with Gasteiger partial charge in [-0.25, -0.2) is 9.59 Å². The zero-order valence-corrected chi connectivity index (χ0v) is 10.9. The lowest BCUT2D eigenvalue weighted by Crippen LogP contribution is -2.19. The van der Waals surface area contributed by atoms with Gasteiger partial charge in [0.2, 0.25) is 0 Å². The molecule has 0 bridgehead atoms. The maximum absolute atomic E-state index is 11.7. The lowest BCUT2D eigenvalue weighted by Gasteiger charge is -2.08. The van der Waals surface area contributed by atoms with Crippen molar-refractivity contribution in [2.45, 2.75) is 0 Å². The first-order chi connectivity index (χ1) is 9.56. The Balaban J connectivity index is 2.05. The first-order valence-corrected chi connectivity index (χ1v) is 5.95. The number of carboxylic acid groups (broad SMARTS) is 1. The second-order valence-corrected chi connectivity index (χ2v) is 4.23. The number of anilines is 2. The Labute approximate surface area is 119 Å². The van der Waals surface area contributed by atoms with E-state index in [0.29, 0.717) is 11.4 Å². The SMILES string of the molecule is O=C(Nc1cccnc1)Nc1ccc(C(=O)O)c(Cl)c1. The van der Waals surface area contributed by atoms with Gasteiger partial charge in [0.25, 0.3) is 0 Å². The average Bonchev–Trinajstić information content (AvgIpc) is 2.39. The van der Waals surface area contributed by atoms with E-state index in [9.17, 15) is 9.59 Å². The van der Waals surface area contributed by atoms with Gasteiger partial charge in [-0.05, 0) is 30.3 Å². The highest BCUT2D eigenvalue weighted by atomic mass is 35.5. The Kier molecular flexibility index (Phi) is 4.17. The Morgan fingerprint density at radius 2 is 1.90 bits per heavy atom. The van der Waals surface area contributed by atoms with Crippen LogP contribution in [0.15, 0.2) is 42.7 Å². The van der Waals surface area contributed by atoms with Gasteiger partial charge in [0.15, 0.2) is 0 Å². The summed E-state index contributed by atoms with van der Waals surface area (Å²) >= 11 is 5.81. The molecule has 0 atom stereocenters. The largest absolute Gasteiger partial charge is 0.478 e. The molecule has 20 heavy (non-hydrogen) atoms. The third-order valence-electron chi connectivity index (χ3n) is 2.38. The lowest BCUT2D eigenvalue weighted by atomic mass is 10.2. The molecule has 2 aromatic rings. The summed E-state index contributed by atoms with van der Waals surface area (Å²) in [7, 11) is 0. The molecule has 1 heterocycles. The van der Waals surface area contributed by atoms with Crippen molar-refractivity contribution in [1.82, 2.24) is 4.98 Å². The number of carbonyl (C=O) groups excluding carboxylic acids is 1. The molecule has 0 aliphatic rings. The number of hydrogen-bond donors (Lipinski definition) is 3. The second kappa shape index (κ2) is 6.03. The van der Waals surface area contributed by atoms with Crippen LogP contribution in [0.3, 0.4) is 0 Å². The van der Waals surface area contributed by atoms with Crippen LogP contribution in [0, 0.1) is 0 Å². The van der Waals surface area contributed by atoms with Gasteiger partial charge in [-0.1, -0.05) is 11.6 Å². The van der Waals surface area contributed by atoms with Crippen molar-refractivity contribution in [3.8, 4) is 0 Å². The van der Waals surface area contributed by atoms with Gasteiger partial charge in [-0.15, -0.1) is 0 Å². The molecule has 2 amide bonds. The summed E-state index contributed by atoms with van der Waals surface area (Å²) in [5, 5.41) is 14.0. The first-order valence-electron chi connectivity index (χ1n) is 5.57. The maximum atomic E-state index is 11.7. The highest BCUT2D eigenvalue weighted by molar-refractivity contribution is 6.33.